The van der Waals surface area contributed by atoms with E-state index in [0.29, 0.717) is 5.84 Å². The summed E-state index contributed by atoms with van der Waals surface area (Å²) < 4.78 is 0. The van der Waals surface area contributed by atoms with Gasteiger partial charge < -0.3 is 10.7 Å². The number of nitrogens with zero attached hydrogens (tertiary/aromatic N) is 1. The monoisotopic (exact) mass is 349 g/mol. The Hall–Kier alpha value is -2.33. The summed E-state index contributed by atoms with van der Waals surface area (Å²) in [4.78, 5) is 9.02. The molecule has 0 saturated carbocycles. The molecular formula is C21H23N3S. The summed E-state index contributed by atoms with van der Waals surface area (Å²) in [5, 5.41) is 3.26. The maximum absolute atomic E-state index is 6.14. The van der Waals surface area contributed by atoms with Crippen molar-refractivity contribution in [1.29, 1.82) is 0 Å². The second kappa shape index (κ2) is 6.89. The average Bonchev–Trinajstić information content (AvgIpc) is 3.31. The lowest BCUT2D eigenvalue weighted by Crippen LogP contribution is -2.10. The third-order valence-electron chi connectivity index (χ3n) is 5.13. The van der Waals surface area contributed by atoms with Crippen LogP contribution in [0.25, 0.3) is 16.5 Å². The van der Waals surface area contributed by atoms with Crippen molar-refractivity contribution < 1.29 is 0 Å². The predicted octanol–water partition coefficient (Wildman–Crippen LogP) is 5.86. The van der Waals surface area contributed by atoms with Crippen molar-refractivity contribution in [2.45, 2.75) is 32.6 Å². The molecule has 1 atom stereocenters. The molecule has 0 fully saturated rings. The SMILES string of the molecule is CCC1CC=C(c2c[nH]c3ccc(N=C(N)c4cccs4)cc23)CC1. The Kier molecular flexibility index (Phi) is 4.45. The fourth-order valence-electron chi connectivity index (χ4n) is 3.57. The third-order valence-corrected chi connectivity index (χ3v) is 6.02. The van der Waals surface area contributed by atoms with E-state index in [1.165, 1.54) is 35.8 Å². The first kappa shape index (κ1) is 16.2. The van der Waals surface area contributed by atoms with Gasteiger partial charge in [0.1, 0.15) is 5.84 Å². The molecular weight excluding hydrogens is 326 g/mol. The standard InChI is InChI=1S/C21H23N3S/c1-2-14-5-7-15(8-6-14)18-13-23-19-10-9-16(12-17(18)19)24-21(22)20-4-3-11-25-20/h3-4,7,9-14,23H,2,5-6,8H2,1H3,(H2,22,24). The summed E-state index contributed by atoms with van der Waals surface area (Å²) in [6.45, 7) is 2.29. The highest BCUT2D eigenvalue weighted by Gasteiger charge is 2.16. The van der Waals surface area contributed by atoms with Crippen molar-refractivity contribution in [2.24, 2.45) is 16.6 Å². The van der Waals surface area contributed by atoms with Gasteiger partial charge in [0.2, 0.25) is 0 Å². The first-order valence-corrected chi connectivity index (χ1v) is 9.81. The van der Waals surface area contributed by atoms with Crippen LogP contribution in [0.5, 0.6) is 0 Å². The topological polar surface area (TPSA) is 54.2 Å². The maximum Gasteiger partial charge on any atom is 0.141 e. The molecule has 128 valence electrons. The minimum Gasteiger partial charge on any atom is -0.383 e. The number of rotatable bonds is 4. The van der Waals surface area contributed by atoms with Gasteiger partial charge in [0.05, 0.1) is 10.6 Å². The molecule has 4 heteroatoms. The number of fused-ring (bicyclic) bond motifs is 1. The minimum absolute atomic E-state index is 0.578. The van der Waals surface area contributed by atoms with Crippen LogP contribution in [0.2, 0.25) is 0 Å². The molecule has 1 unspecified atom stereocenters. The predicted molar refractivity (Wildman–Crippen MR) is 109 cm³/mol. The Labute approximate surface area is 152 Å². The number of benzene rings is 1. The number of hydrogen-bond donors (Lipinski definition) is 2. The molecule has 1 aliphatic carbocycles. The first-order valence-electron chi connectivity index (χ1n) is 8.93. The number of H-pyrrole nitrogens is 1. The number of aromatic nitrogens is 1. The molecule has 3 N–H and O–H groups in total. The Balaban J connectivity index is 1.69. The maximum atomic E-state index is 6.14. The van der Waals surface area contributed by atoms with Crippen LogP contribution in [-0.4, -0.2) is 10.8 Å². The van der Waals surface area contributed by atoms with Gasteiger partial charge in [0.25, 0.3) is 0 Å². The average molecular weight is 350 g/mol. The van der Waals surface area contributed by atoms with E-state index < -0.39 is 0 Å². The van der Waals surface area contributed by atoms with Gasteiger partial charge >= 0.3 is 0 Å². The van der Waals surface area contributed by atoms with Gasteiger partial charge in [0, 0.05) is 22.7 Å². The van der Waals surface area contributed by atoms with Crippen molar-refractivity contribution in [2.75, 3.05) is 0 Å². The van der Waals surface area contributed by atoms with Crippen LogP contribution in [-0.2, 0) is 0 Å². The van der Waals surface area contributed by atoms with Gasteiger partial charge in [-0.15, -0.1) is 11.3 Å². The highest BCUT2D eigenvalue weighted by atomic mass is 32.1. The number of hydrogen-bond acceptors (Lipinski definition) is 2. The number of nitrogens with one attached hydrogen (secondary N) is 1. The highest BCUT2D eigenvalue weighted by molar-refractivity contribution is 7.12. The van der Waals surface area contributed by atoms with Crippen molar-refractivity contribution in [3.63, 3.8) is 0 Å². The molecule has 3 nitrogen and oxygen atoms in total. The molecule has 3 aromatic rings. The molecule has 1 aliphatic rings. The van der Waals surface area contributed by atoms with E-state index in [4.69, 9.17) is 5.73 Å². The summed E-state index contributed by atoms with van der Waals surface area (Å²) in [6.07, 6.45) is 9.49. The Morgan fingerprint density at radius 3 is 3.00 bits per heavy atom. The lowest BCUT2D eigenvalue weighted by molar-refractivity contribution is 0.471. The summed E-state index contributed by atoms with van der Waals surface area (Å²) in [6, 6.07) is 10.3. The van der Waals surface area contributed by atoms with Gasteiger partial charge in [0.15, 0.2) is 0 Å². The quantitative estimate of drug-likeness (QED) is 0.450. The summed E-state index contributed by atoms with van der Waals surface area (Å²) in [5.74, 6) is 1.42. The largest absolute Gasteiger partial charge is 0.383 e. The molecule has 4 rings (SSSR count). The van der Waals surface area contributed by atoms with Gasteiger partial charge in [-0.05, 0) is 60.4 Å². The molecule has 2 aromatic heterocycles. The number of thiophene rings is 1. The smallest absolute Gasteiger partial charge is 0.141 e. The van der Waals surface area contributed by atoms with Crippen LogP contribution in [0.3, 0.4) is 0 Å². The zero-order chi connectivity index (χ0) is 17.2. The Morgan fingerprint density at radius 2 is 2.28 bits per heavy atom. The number of nitrogens with two attached hydrogens (primary N) is 1. The molecule has 2 heterocycles. The van der Waals surface area contributed by atoms with Crippen LogP contribution in [0.4, 0.5) is 5.69 Å². The number of aromatic amines is 1. The Bertz CT molecular complexity index is 931. The Morgan fingerprint density at radius 1 is 1.36 bits per heavy atom. The van der Waals surface area contributed by atoms with Crippen LogP contribution in [0.15, 0.2) is 53.0 Å². The first-order chi connectivity index (χ1) is 12.2. The molecule has 0 amide bonds. The van der Waals surface area contributed by atoms with Gasteiger partial charge in [-0.2, -0.15) is 0 Å². The second-order valence-corrected chi connectivity index (χ2v) is 7.63. The fourth-order valence-corrected chi connectivity index (χ4v) is 4.19. The molecule has 0 saturated heterocycles. The van der Waals surface area contributed by atoms with Crippen LogP contribution >= 0.6 is 11.3 Å². The zero-order valence-electron chi connectivity index (χ0n) is 14.5. The summed E-state index contributed by atoms with van der Waals surface area (Å²) in [5.41, 5.74) is 11.0. The van der Waals surface area contributed by atoms with E-state index in [1.54, 1.807) is 11.3 Å². The molecule has 0 bridgehead atoms. The van der Waals surface area contributed by atoms with Crippen LogP contribution in [0, 0.1) is 5.92 Å². The van der Waals surface area contributed by atoms with Crippen molar-refractivity contribution in [3.05, 3.63) is 58.4 Å². The molecule has 0 aliphatic heterocycles. The van der Waals surface area contributed by atoms with Crippen molar-refractivity contribution in [3.8, 4) is 0 Å². The summed E-state index contributed by atoms with van der Waals surface area (Å²) in [7, 11) is 0. The van der Waals surface area contributed by atoms with Crippen LogP contribution in [0.1, 0.15) is 43.0 Å². The second-order valence-electron chi connectivity index (χ2n) is 6.68. The van der Waals surface area contributed by atoms with Gasteiger partial charge in [-0.25, -0.2) is 4.99 Å². The number of amidine groups is 1. The number of allylic oxidation sites excluding steroid dienone is 2. The van der Waals surface area contributed by atoms with E-state index in [-0.39, 0.29) is 0 Å². The lowest BCUT2D eigenvalue weighted by Gasteiger charge is -2.20. The molecule has 25 heavy (non-hydrogen) atoms. The van der Waals surface area contributed by atoms with Gasteiger partial charge in [-0.1, -0.05) is 25.5 Å². The fraction of sp³-hybridized carbons (Fsp3) is 0.286. The third kappa shape index (κ3) is 3.27. The van der Waals surface area contributed by atoms with Crippen LogP contribution < -0.4 is 5.73 Å². The summed E-state index contributed by atoms with van der Waals surface area (Å²) >= 11 is 1.61. The van der Waals surface area contributed by atoms with E-state index in [9.17, 15) is 0 Å². The molecule has 0 radical (unpaired) electrons. The number of aliphatic imine (C=N–C) groups is 1. The van der Waals surface area contributed by atoms with Crippen molar-refractivity contribution >= 4 is 39.3 Å². The van der Waals surface area contributed by atoms with E-state index in [2.05, 4.69) is 41.3 Å². The van der Waals surface area contributed by atoms with Gasteiger partial charge in [-0.3, -0.25) is 0 Å². The normalized spacial score (nSPS) is 18.5. The minimum atomic E-state index is 0.578. The van der Waals surface area contributed by atoms with E-state index >= 15 is 0 Å². The molecule has 0 spiro atoms. The lowest BCUT2D eigenvalue weighted by atomic mass is 9.85. The van der Waals surface area contributed by atoms with Crippen molar-refractivity contribution in [1.82, 2.24) is 4.98 Å². The molecule has 1 aromatic carbocycles. The zero-order valence-corrected chi connectivity index (χ0v) is 15.3. The van der Waals surface area contributed by atoms with E-state index in [1.807, 2.05) is 23.6 Å². The highest BCUT2D eigenvalue weighted by Crippen LogP contribution is 2.36. The van der Waals surface area contributed by atoms with E-state index in [0.717, 1.165) is 28.4 Å².